The number of hydrogen-bond acceptors (Lipinski definition) is 2. The van der Waals surface area contributed by atoms with Crippen LogP contribution < -0.4 is 5.32 Å². The molecule has 1 aromatic heterocycles. The molecule has 1 aliphatic rings. The second kappa shape index (κ2) is 7.68. The molecule has 1 N–H and O–H groups in total. The fraction of sp³-hybridized carbons (Fsp3) is 0.812. The van der Waals surface area contributed by atoms with E-state index in [9.17, 15) is 0 Å². The van der Waals surface area contributed by atoms with Gasteiger partial charge in [-0.1, -0.05) is 39.5 Å². The largest absolute Gasteiger partial charge is 0.334 e. The molecule has 1 unspecified atom stereocenters. The molecule has 1 fully saturated rings. The highest BCUT2D eigenvalue weighted by atomic mass is 15.1. The number of nitrogens with zero attached hydrogens (tertiary/aromatic N) is 2. The minimum Gasteiger partial charge on any atom is -0.334 e. The topological polar surface area (TPSA) is 29.9 Å². The maximum absolute atomic E-state index is 4.63. The van der Waals surface area contributed by atoms with Gasteiger partial charge in [0.05, 0.1) is 6.04 Å². The summed E-state index contributed by atoms with van der Waals surface area (Å²) in [6.07, 6.45) is 13.4. The number of aromatic nitrogens is 2. The highest BCUT2D eigenvalue weighted by Crippen LogP contribution is 2.32. The van der Waals surface area contributed by atoms with Crippen molar-refractivity contribution in [2.75, 3.05) is 6.54 Å². The molecule has 3 nitrogen and oxygen atoms in total. The first-order valence-electron chi connectivity index (χ1n) is 8.09. The molecule has 0 aromatic carbocycles. The Morgan fingerprint density at radius 1 is 1.32 bits per heavy atom. The van der Waals surface area contributed by atoms with Crippen LogP contribution in [0.15, 0.2) is 12.4 Å². The van der Waals surface area contributed by atoms with E-state index in [0.717, 1.165) is 19.0 Å². The van der Waals surface area contributed by atoms with Gasteiger partial charge in [0.2, 0.25) is 0 Å². The number of nitrogens with one attached hydrogen (secondary N) is 1. The molecule has 1 aromatic rings. The molecular weight excluding hydrogens is 234 g/mol. The molecule has 1 heterocycles. The molecule has 1 aliphatic carbocycles. The van der Waals surface area contributed by atoms with Gasteiger partial charge in [-0.25, -0.2) is 4.98 Å². The van der Waals surface area contributed by atoms with E-state index < -0.39 is 0 Å². The quantitative estimate of drug-likeness (QED) is 0.770. The average Bonchev–Trinajstić information content (AvgIpc) is 3.06. The van der Waals surface area contributed by atoms with Crippen molar-refractivity contribution in [3.05, 3.63) is 18.2 Å². The number of aryl methyl sites for hydroxylation is 1. The van der Waals surface area contributed by atoms with Crippen LogP contribution in [-0.2, 0) is 6.54 Å². The van der Waals surface area contributed by atoms with Gasteiger partial charge in [-0.3, -0.25) is 0 Å². The monoisotopic (exact) mass is 263 g/mol. The Balaban J connectivity index is 2.03. The summed E-state index contributed by atoms with van der Waals surface area (Å²) in [6.45, 7) is 6.65. The fourth-order valence-corrected chi connectivity index (χ4v) is 3.24. The second-order valence-electron chi connectivity index (χ2n) is 5.87. The van der Waals surface area contributed by atoms with E-state index in [1.807, 2.05) is 6.20 Å². The first-order chi connectivity index (χ1) is 9.35. The van der Waals surface area contributed by atoms with Crippen LogP contribution in [0.25, 0.3) is 0 Å². The summed E-state index contributed by atoms with van der Waals surface area (Å²) in [5.41, 5.74) is 0. The number of imidazole rings is 1. The highest BCUT2D eigenvalue weighted by molar-refractivity contribution is 5.00. The van der Waals surface area contributed by atoms with Gasteiger partial charge < -0.3 is 9.88 Å². The zero-order valence-electron chi connectivity index (χ0n) is 12.6. The number of rotatable bonds is 8. The van der Waals surface area contributed by atoms with E-state index in [2.05, 4.69) is 34.9 Å². The van der Waals surface area contributed by atoms with Gasteiger partial charge >= 0.3 is 0 Å². The maximum atomic E-state index is 4.63. The summed E-state index contributed by atoms with van der Waals surface area (Å²) in [7, 11) is 0. The summed E-state index contributed by atoms with van der Waals surface area (Å²) >= 11 is 0. The van der Waals surface area contributed by atoms with E-state index in [-0.39, 0.29) is 0 Å². The number of hydrogen-bond donors (Lipinski definition) is 1. The Morgan fingerprint density at radius 2 is 2.11 bits per heavy atom. The SMILES string of the molecule is CCCNC(CC1CCCC1)c1nccn1CCC. The zero-order valence-corrected chi connectivity index (χ0v) is 12.6. The molecule has 0 bridgehead atoms. The standard InChI is InChI=1S/C16H29N3/c1-3-9-17-15(13-14-7-5-6-8-14)16-18-10-12-19(16)11-4-2/h10,12,14-15,17H,3-9,11,13H2,1-2H3. The van der Waals surface area contributed by atoms with Crippen LogP contribution in [0.5, 0.6) is 0 Å². The molecule has 108 valence electrons. The molecule has 1 atom stereocenters. The first kappa shape index (κ1) is 14.6. The molecule has 2 rings (SSSR count). The molecule has 3 heteroatoms. The molecular formula is C16H29N3. The van der Waals surface area contributed by atoms with Crippen molar-refractivity contribution in [3.8, 4) is 0 Å². The minimum absolute atomic E-state index is 0.449. The lowest BCUT2D eigenvalue weighted by atomic mass is 9.97. The van der Waals surface area contributed by atoms with Gasteiger partial charge in [-0.15, -0.1) is 0 Å². The van der Waals surface area contributed by atoms with Crippen molar-refractivity contribution in [1.82, 2.24) is 14.9 Å². The van der Waals surface area contributed by atoms with Gasteiger partial charge in [0.25, 0.3) is 0 Å². The van der Waals surface area contributed by atoms with Gasteiger partial charge in [0.1, 0.15) is 5.82 Å². The van der Waals surface area contributed by atoms with E-state index >= 15 is 0 Å². The van der Waals surface area contributed by atoms with E-state index in [4.69, 9.17) is 0 Å². The van der Waals surface area contributed by atoms with Crippen molar-refractivity contribution >= 4 is 0 Å². The molecule has 0 radical (unpaired) electrons. The van der Waals surface area contributed by atoms with E-state index in [1.54, 1.807) is 0 Å². The lowest BCUT2D eigenvalue weighted by Crippen LogP contribution is -2.27. The summed E-state index contributed by atoms with van der Waals surface area (Å²) < 4.78 is 2.34. The van der Waals surface area contributed by atoms with Crippen LogP contribution >= 0.6 is 0 Å². The van der Waals surface area contributed by atoms with Crippen LogP contribution in [0, 0.1) is 5.92 Å². The van der Waals surface area contributed by atoms with Crippen LogP contribution in [-0.4, -0.2) is 16.1 Å². The predicted octanol–water partition coefficient (Wildman–Crippen LogP) is 3.91. The minimum atomic E-state index is 0.449. The van der Waals surface area contributed by atoms with Crippen LogP contribution in [0.3, 0.4) is 0 Å². The Kier molecular flexibility index (Phi) is 5.90. The Morgan fingerprint density at radius 3 is 2.79 bits per heavy atom. The predicted molar refractivity (Wildman–Crippen MR) is 80.1 cm³/mol. The molecule has 19 heavy (non-hydrogen) atoms. The third-order valence-corrected chi connectivity index (χ3v) is 4.21. The van der Waals surface area contributed by atoms with E-state index in [1.165, 1.54) is 50.8 Å². The third kappa shape index (κ3) is 4.07. The molecule has 0 amide bonds. The Labute approximate surface area is 117 Å². The van der Waals surface area contributed by atoms with Crippen molar-refractivity contribution in [3.63, 3.8) is 0 Å². The molecule has 0 aliphatic heterocycles. The van der Waals surface area contributed by atoms with Gasteiger partial charge in [-0.2, -0.15) is 0 Å². The average molecular weight is 263 g/mol. The zero-order chi connectivity index (χ0) is 13.5. The van der Waals surface area contributed by atoms with Crippen LogP contribution in [0.4, 0.5) is 0 Å². The van der Waals surface area contributed by atoms with Crippen molar-refractivity contribution in [1.29, 1.82) is 0 Å². The smallest absolute Gasteiger partial charge is 0.125 e. The maximum Gasteiger partial charge on any atom is 0.125 e. The Hall–Kier alpha value is -0.830. The molecule has 1 saturated carbocycles. The first-order valence-corrected chi connectivity index (χ1v) is 8.09. The van der Waals surface area contributed by atoms with Crippen molar-refractivity contribution in [2.24, 2.45) is 5.92 Å². The highest BCUT2D eigenvalue weighted by Gasteiger charge is 2.23. The van der Waals surface area contributed by atoms with Crippen LogP contribution in [0.2, 0.25) is 0 Å². The summed E-state index contributed by atoms with van der Waals surface area (Å²) in [4.78, 5) is 4.63. The van der Waals surface area contributed by atoms with Gasteiger partial charge in [-0.05, 0) is 31.7 Å². The second-order valence-corrected chi connectivity index (χ2v) is 5.87. The Bertz CT molecular complexity index is 353. The van der Waals surface area contributed by atoms with Gasteiger partial charge in [0, 0.05) is 18.9 Å². The normalized spacial score (nSPS) is 18.0. The van der Waals surface area contributed by atoms with Crippen molar-refractivity contribution < 1.29 is 0 Å². The summed E-state index contributed by atoms with van der Waals surface area (Å²) in [5.74, 6) is 2.16. The summed E-state index contributed by atoms with van der Waals surface area (Å²) in [6, 6.07) is 0.449. The van der Waals surface area contributed by atoms with E-state index in [0.29, 0.717) is 6.04 Å². The lowest BCUT2D eigenvalue weighted by molar-refractivity contribution is 0.372. The van der Waals surface area contributed by atoms with Gasteiger partial charge in [0.15, 0.2) is 0 Å². The van der Waals surface area contributed by atoms with Crippen molar-refractivity contribution in [2.45, 2.75) is 71.4 Å². The molecule has 0 spiro atoms. The molecule has 0 saturated heterocycles. The summed E-state index contributed by atoms with van der Waals surface area (Å²) in [5, 5.41) is 3.71. The van der Waals surface area contributed by atoms with Crippen LogP contribution in [0.1, 0.15) is 70.7 Å². The lowest BCUT2D eigenvalue weighted by Gasteiger charge is -2.22. The fourth-order valence-electron chi connectivity index (χ4n) is 3.24. The third-order valence-electron chi connectivity index (χ3n) is 4.21.